The Morgan fingerprint density at radius 2 is 1.62 bits per heavy atom. The number of hydrogen-bond acceptors (Lipinski definition) is 5. The summed E-state index contributed by atoms with van der Waals surface area (Å²) in [6, 6.07) is 8.17. The quantitative estimate of drug-likeness (QED) is 0.652. The first kappa shape index (κ1) is 22.6. The Bertz CT molecular complexity index is 705. The van der Waals surface area contributed by atoms with E-state index in [1.165, 1.54) is 5.56 Å². The van der Waals surface area contributed by atoms with Gasteiger partial charge in [0.05, 0.1) is 5.75 Å². The van der Waals surface area contributed by atoms with Crippen molar-refractivity contribution in [3.63, 3.8) is 0 Å². The zero-order valence-electron chi connectivity index (χ0n) is 14.5. The fourth-order valence-corrected chi connectivity index (χ4v) is 4.32. The van der Waals surface area contributed by atoms with Gasteiger partial charge in [-0.1, -0.05) is 41.1 Å². The van der Waals surface area contributed by atoms with Gasteiger partial charge in [-0.05, 0) is 18.1 Å². The van der Waals surface area contributed by atoms with Crippen LogP contribution in [0.4, 0.5) is 0 Å². The molecule has 0 aliphatic carbocycles. The molecular weight excluding hydrogens is 428 g/mol. The van der Waals surface area contributed by atoms with Crippen LogP contribution in [0.5, 0.6) is 0 Å². The molecule has 1 saturated heterocycles. The molecular formula is C16H23BrN2O6S. The highest BCUT2D eigenvalue weighted by Gasteiger charge is 2.26. The first-order valence-corrected chi connectivity index (χ1v) is 10.5. The predicted octanol–water partition coefficient (Wildman–Crippen LogP) is 1.46. The number of carbonyl (C=O) groups is 2. The third-order valence-corrected chi connectivity index (χ3v) is 6.57. The van der Waals surface area contributed by atoms with Crippen LogP contribution in [0.1, 0.15) is 18.9 Å². The zero-order valence-corrected chi connectivity index (χ0v) is 16.9. The van der Waals surface area contributed by atoms with Gasteiger partial charge < -0.3 is 10.2 Å². The minimum Gasteiger partial charge on any atom is -0.473 e. The number of piperazine rings is 1. The van der Waals surface area contributed by atoms with E-state index in [-0.39, 0.29) is 5.75 Å². The van der Waals surface area contributed by atoms with Crippen molar-refractivity contribution in [1.82, 2.24) is 9.21 Å². The van der Waals surface area contributed by atoms with Gasteiger partial charge in [-0.3, -0.25) is 4.90 Å². The third kappa shape index (κ3) is 7.40. The molecule has 0 spiro atoms. The van der Waals surface area contributed by atoms with Crippen LogP contribution in [-0.2, 0) is 26.2 Å². The third-order valence-electron chi connectivity index (χ3n) is 3.72. The summed E-state index contributed by atoms with van der Waals surface area (Å²) in [7, 11) is -3.04. The molecule has 0 amide bonds. The van der Waals surface area contributed by atoms with Crippen molar-refractivity contribution in [2.75, 3.05) is 31.9 Å². The SMILES string of the molecule is CCCS(=O)(=O)N1CCN(Cc2ccccc2Br)CC1.O=C(O)C(=O)O. The highest BCUT2D eigenvalue weighted by molar-refractivity contribution is 9.10. The highest BCUT2D eigenvalue weighted by atomic mass is 79.9. The lowest BCUT2D eigenvalue weighted by Crippen LogP contribution is -2.48. The van der Waals surface area contributed by atoms with Crippen LogP contribution in [0.25, 0.3) is 0 Å². The molecule has 0 atom stereocenters. The number of halogens is 1. The van der Waals surface area contributed by atoms with Crippen LogP contribution in [0.2, 0.25) is 0 Å². The second-order valence-corrected chi connectivity index (χ2v) is 8.64. The van der Waals surface area contributed by atoms with Crippen molar-refractivity contribution in [2.45, 2.75) is 19.9 Å². The molecule has 1 aliphatic rings. The van der Waals surface area contributed by atoms with E-state index in [1.807, 2.05) is 25.1 Å². The van der Waals surface area contributed by atoms with Crippen molar-refractivity contribution in [3.8, 4) is 0 Å². The summed E-state index contributed by atoms with van der Waals surface area (Å²) >= 11 is 3.55. The molecule has 8 nitrogen and oxygen atoms in total. The Morgan fingerprint density at radius 3 is 2.08 bits per heavy atom. The molecule has 0 radical (unpaired) electrons. The van der Waals surface area contributed by atoms with Crippen LogP contribution in [0.3, 0.4) is 0 Å². The summed E-state index contributed by atoms with van der Waals surface area (Å²) in [6.07, 6.45) is 0.680. The number of carboxylic acids is 2. The van der Waals surface area contributed by atoms with E-state index < -0.39 is 22.0 Å². The minimum absolute atomic E-state index is 0.261. The standard InChI is InChI=1S/C14H21BrN2O2S.C2H2O4/c1-2-11-20(18,19)17-9-7-16(8-10-17)12-13-5-3-4-6-14(13)15;3-1(4)2(5)6/h3-6H,2,7-12H2,1H3;(H,3,4)(H,5,6). The van der Waals surface area contributed by atoms with Gasteiger partial charge in [0.15, 0.2) is 0 Å². The molecule has 10 heteroatoms. The second-order valence-electron chi connectivity index (χ2n) is 5.69. The van der Waals surface area contributed by atoms with Gasteiger partial charge >= 0.3 is 11.9 Å². The van der Waals surface area contributed by atoms with E-state index in [2.05, 4.69) is 26.9 Å². The number of hydrogen-bond donors (Lipinski definition) is 2. The molecule has 0 aromatic heterocycles. The molecule has 1 heterocycles. The van der Waals surface area contributed by atoms with E-state index in [0.717, 1.165) is 24.1 Å². The monoisotopic (exact) mass is 450 g/mol. The van der Waals surface area contributed by atoms with E-state index in [0.29, 0.717) is 19.5 Å². The smallest absolute Gasteiger partial charge is 0.414 e. The van der Waals surface area contributed by atoms with E-state index >= 15 is 0 Å². The van der Waals surface area contributed by atoms with Gasteiger partial charge in [0.25, 0.3) is 0 Å². The van der Waals surface area contributed by atoms with E-state index in [1.54, 1.807) is 4.31 Å². The molecule has 1 aromatic carbocycles. The van der Waals surface area contributed by atoms with Gasteiger partial charge in [0.2, 0.25) is 10.0 Å². The number of benzene rings is 1. The molecule has 0 unspecified atom stereocenters. The Morgan fingerprint density at radius 1 is 1.08 bits per heavy atom. The van der Waals surface area contributed by atoms with Gasteiger partial charge in [0.1, 0.15) is 0 Å². The topological polar surface area (TPSA) is 115 Å². The fourth-order valence-electron chi connectivity index (χ4n) is 2.42. The van der Waals surface area contributed by atoms with Crippen LogP contribution in [0, 0.1) is 0 Å². The average Bonchev–Trinajstić information content (AvgIpc) is 2.58. The Labute approximate surface area is 161 Å². The molecule has 2 rings (SSSR count). The number of nitrogens with zero attached hydrogens (tertiary/aromatic N) is 2. The second kappa shape index (κ2) is 10.6. The summed E-state index contributed by atoms with van der Waals surface area (Å²) < 4.78 is 26.8. The summed E-state index contributed by atoms with van der Waals surface area (Å²) in [6.45, 7) is 5.57. The van der Waals surface area contributed by atoms with Gasteiger partial charge in [-0.25, -0.2) is 18.0 Å². The number of sulfonamides is 1. The lowest BCUT2D eigenvalue weighted by atomic mass is 10.2. The summed E-state index contributed by atoms with van der Waals surface area (Å²) in [4.78, 5) is 20.5. The maximum Gasteiger partial charge on any atom is 0.414 e. The summed E-state index contributed by atoms with van der Waals surface area (Å²) in [5.41, 5.74) is 1.25. The zero-order chi connectivity index (χ0) is 19.7. The van der Waals surface area contributed by atoms with Gasteiger partial charge in [-0.15, -0.1) is 0 Å². The maximum absolute atomic E-state index is 12.0. The predicted molar refractivity (Wildman–Crippen MR) is 100 cm³/mol. The molecule has 2 N–H and O–H groups in total. The van der Waals surface area contributed by atoms with Crippen molar-refractivity contribution in [2.24, 2.45) is 0 Å². The molecule has 1 aromatic rings. The maximum atomic E-state index is 12.0. The largest absolute Gasteiger partial charge is 0.473 e. The van der Waals surface area contributed by atoms with Gasteiger partial charge in [-0.2, -0.15) is 4.31 Å². The van der Waals surface area contributed by atoms with Crippen molar-refractivity contribution in [3.05, 3.63) is 34.3 Å². The Hall–Kier alpha value is -1.49. The molecule has 146 valence electrons. The van der Waals surface area contributed by atoms with Crippen LogP contribution < -0.4 is 0 Å². The first-order chi connectivity index (χ1) is 12.2. The Balaban J connectivity index is 0.000000487. The fraction of sp³-hybridized carbons (Fsp3) is 0.500. The number of rotatable bonds is 5. The van der Waals surface area contributed by atoms with Gasteiger partial charge in [0, 0.05) is 37.2 Å². The van der Waals surface area contributed by atoms with Crippen molar-refractivity contribution in [1.29, 1.82) is 0 Å². The van der Waals surface area contributed by atoms with Crippen molar-refractivity contribution < 1.29 is 28.2 Å². The molecule has 26 heavy (non-hydrogen) atoms. The number of aliphatic carboxylic acids is 2. The van der Waals surface area contributed by atoms with Crippen molar-refractivity contribution >= 4 is 37.9 Å². The minimum atomic E-state index is -3.04. The van der Waals surface area contributed by atoms with Crippen LogP contribution >= 0.6 is 15.9 Å². The lowest BCUT2D eigenvalue weighted by molar-refractivity contribution is -0.159. The van der Waals surface area contributed by atoms with E-state index in [9.17, 15) is 8.42 Å². The summed E-state index contributed by atoms with van der Waals surface area (Å²) in [5.74, 6) is -3.39. The molecule has 0 saturated carbocycles. The van der Waals surface area contributed by atoms with Crippen LogP contribution in [0.15, 0.2) is 28.7 Å². The first-order valence-electron chi connectivity index (χ1n) is 8.07. The average molecular weight is 451 g/mol. The van der Waals surface area contributed by atoms with E-state index in [4.69, 9.17) is 19.8 Å². The summed E-state index contributed by atoms with van der Waals surface area (Å²) in [5, 5.41) is 14.8. The molecule has 0 bridgehead atoms. The normalized spacial score (nSPS) is 15.8. The number of carboxylic acid groups (broad SMARTS) is 2. The highest BCUT2D eigenvalue weighted by Crippen LogP contribution is 2.19. The Kier molecular flexibility index (Phi) is 9.20. The molecule has 1 aliphatic heterocycles. The lowest BCUT2D eigenvalue weighted by Gasteiger charge is -2.34. The van der Waals surface area contributed by atoms with Crippen LogP contribution in [-0.4, -0.2) is 71.7 Å². The molecule has 1 fully saturated rings.